The third-order valence-electron chi connectivity index (χ3n) is 6.65. The first kappa shape index (κ1) is 19.0. The van der Waals surface area contributed by atoms with Gasteiger partial charge in [0.05, 0.1) is 11.1 Å². The molecule has 1 aromatic heterocycles. The molecule has 0 aliphatic heterocycles. The van der Waals surface area contributed by atoms with Crippen molar-refractivity contribution in [3.63, 3.8) is 0 Å². The van der Waals surface area contributed by atoms with Crippen LogP contribution in [0.4, 0.5) is 17.1 Å². The molecule has 0 saturated carbocycles. The zero-order valence-electron chi connectivity index (χ0n) is 18.3. The van der Waals surface area contributed by atoms with Crippen molar-refractivity contribution in [1.29, 1.82) is 0 Å². The molecule has 0 fully saturated rings. The van der Waals surface area contributed by atoms with Crippen LogP contribution in [0.5, 0.6) is 0 Å². The largest absolute Gasteiger partial charge is 0.456 e. The summed E-state index contributed by atoms with van der Waals surface area (Å²) in [6, 6.07) is 28.3. The van der Waals surface area contributed by atoms with Gasteiger partial charge in [0.1, 0.15) is 11.2 Å². The molecule has 4 aromatic carbocycles. The fraction of sp³-hybridized carbons (Fsp3) is 0.103. The van der Waals surface area contributed by atoms with Crippen LogP contribution >= 0.6 is 0 Å². The molecule has 0 saturated heterocycles. The van der Waals surface area contributed by atoms with E-state index in [-0.39, 0.29) is 0 Å². The maximum atomic E-state index is 6.34. The maximum absolute atomic E-state index is 6.34. The van der Waals surface area contributed by atoms with Crippen LogP contribution in [0.1, 0.15) is 16.7 Å². The Morgan fingerprint density at radius 1 is 0.844 bits per heavy atom. The summed E-state index contributed by atoms with van der Waals surface area (Å²) in [4.78, 5) is 2.36. The maximum Gasteiger partial charge on any atom is 0.154 e. The van der Waals surface area contributed by atoms with Crippen molar-refractivity contribution in [2.45, 2.75) is 19.7 Å². The minimum absolute atomic E-state index is 0.894. The average Bonchev–Trinajstić information content (AvgIpc) is 3.19. The second-order valence-corrected chi connectivity index (χ2v) is 8.53. The molecule has 0 spiro atoms. The summed E-state index contributed by atoms with van der Waals surface area (Å²) in [5.74, 6) is 0. The molecule has 0 amide bonds. The highest BCUT2D eigenvalue weighted by molar-refractivity contribution is 6.52. The number of fused-ring (bicyclic) bond motifs is 4. The zero-order chi connectivity index (χ0) is 21.7. The first-order valence-corrected chi connectivity index (χ1v) is 11.3. The molecular formula is C29H24BNO. The van der Waals surface area contributed by atoms with Crippen LogP contribution in [0.3, 0.4) is 0 Å². The summed E-state index contributed by atoms with van der Waals surface area (Å²) >= 11 is 0. The Hall–Kier alpha value is -3.72. The van der Waals surface area contributed by atoms with Crippen LogP contribution in [0.15, 0.2) is 89.9 Å². The Morgan fingerprint density at radius 3 is 2.41 bits per heavy atom. The number of hydrogen-bond acceptors (Lipinski definition) is 2. The van der Waals surface area contributed by atoms with Crippen LogP contribution < -0.4 is 10.4 Å². The minimum Gasteiger partial charge on any atom is -0.456 e. The monoisotopic (exact) mass is 413 g/mol. The van der Waals surface area contributed by atoms with Crippen LogP contribution in [0.2, 0.25) is 6.82 Å². The van der Waals surface area contributed by atoms with E-state index < -0.39 is 0 Å². The summed E-state index contributed by atoms with van der Waals surface area (Å²) in [6.07, 6.45) is 4.24. The SMILES string of the molecule is C=Cc1cc(N(c2ccccc2)c2ccc3c(c2)CC3)c2c(c1)oc1ccc(BC)cc12. The van der Waals surface area contributed by atoms with Crippen LogP contribution in [0, 0.1) is 0 Å². The number of benzene rings is 4. The van der Waals surface area contributed by atoms with Gasteiger partial charge in [0.2, 0.25) is 0 Å². The van der Waals surface area contributed by atoms with E-state index in [1.807, 2.05) is 6.08 Å². The summed E-state index contributed by atoms with van der Waals surface area (Å²) in [7, 11) is 0.996. The molecule has 0 N–H and O–H groups in total. The van der Waals surface area contributed by atoms with Crippen molar-refractivity contribution in [1.82, 2.24) is 0 Å². The fourth-order valence-corrected chi connectivity index (χ4v) is 4.79. The molecule has 6 rings (SSSR count). The van der Waals surface area contributed by atoms with Gasteiger partial charge in [-0.25, -0.2) is 0 Å². The topological polar surface area (TPSA) is 16.4 Å². The lowest BCUT2D eigenvalue weighted by Gasteiger charge is -2.29. The van der Waals surface area contributed by atoms with Gasteiger partial charge >= 0.3 is 0 Å². The molecule has 0 bridgehead atoms. The summed E-state index contributed by atoms with van der Waals surface area (Å²) in [5, 5.41) is 2.31. The molecule has 0 unspecified atom stereocenters. The molecule has 1 heterocycles. The summed E-state index contributed by atoms with van der Waals surface area (Å²) in [5.41, 5.74) is 10.5. The molecule has 2 nitrogen and oxygen atoms in total. The average molecular weight is 413 g/mol. The quantitative estimate of drug-likeness (QED) is 0.291. The van der Waals surface area contributed by atoms with Crippen molar-refractivity contribution in [2.24, 2.45) is 0 Å². The van der Waals surface area contributed by atoms with Crippen molar-refractivity contribution in [3.8, 4) is 0 Å². The fourth-order valence-electron chi connectivity index (χ4n) is 4.79. The number of furan rings is 1. The van der Waals surface area contributed by atoms with Gasteiger partial charge in [-0.15, -0.1) is 0 Å². The van der Waals surface area contributed by atoms with Gasteiger partial charge in [-0.05, 0) is 72.0 Å². The van der Waals surface area contributed by atoms with E-state index in [2.05, 4.69) is 97.2 Å². The van der Waals surface area contributed by atoms with Crippen molar-refractivity contribution < 1.29 is 4.42 Å². The van der Waals surface area contributed by atoms with Gasteiger partial charge in [-0.3, -0.25) is 0 Å². The van der Waals surface area contributed by atoms with Gasteiger partial charge in [0, 0.05) is 16.8 Å². The highest BCUT2D eigenvalue weighted by Gasteiger charge is 2.22. The molecule has 154 valence electrons. The molecular weight excluding hydrogens is 389 g/mol. The van der Waals surface area contributed by atoms with Crippen molar-refractivity contribution in [2.75, 3.05) is 4.90 Å². The lowest BCUT2D eigenvalue weighted by Crippen LogP contribution is -2.14. The van der Waals surface area contributed by atoms with Crippen LogP contribution in [-0.4, -0.2) is 7.28 Å². The Balaban J connectivity index is 1.70. The molecule has 0 atom stereocenters. The number of nitrogens with zero attached hydrogens (tertiary/aromatic N) is 1. The van der Waals surface area contributed by atoms with Crippen LogP contribution in [-0.2, 0) is 12.8 Å². The Morgan fingerprint density at radius 2 is 1.69 bits per heavy atom. The number of rotatable bonds is 5. The molecule has 0 radical (unpaired) electrons. The van der Waals surface area contributed by atoms with E-state index in [4.69, 9.17) is 4.42 Å². The number of hydrogen-bond donors (Lipinski definition) is 0. The van der Waals surface area contributed by atoms with E-state index in [0.717, 1.165) is 52.6 Å². The number of para-hydroxylation sites is 1. The number of anilines is 3. The summed E-state index contributed by atoms with van der Waals surface area (Å²) in [6.45, 7) is 6.23. The second kappa shape index (κ2) is 7.46. The standard InChI is InChI=1S/C29H24BNO/c1-3-19-15-26(29-25-18-22(30-2)12-14-27(25)32-28(29)16-19)31(23-7-5-4-6-8-23)24-13-11-20-9-10-21(20)17-24/h3-8,11-18,30H,1,9-10H2,2H3. The molecule has 3 heteroatoms. The van der Waals surface area contributed by atoms with E-state index in [1.54, 1.807) is 0 Å². The highest BCUT2D eigenvalue weighted by Crippen LogP contribution is 2.44. The molecule has 32 heavy (non-hydrogen) atoms. The second-order valence-electron chi connectivity index (χ2n) is 8.53. The van der Waals surface area contributed by atoms with Gasteiger partial charge in [-0.1, -0.05) is 61.3 Å². The highest BCUT2D eigenvalue weighted by atomic mass is 16.3. The first-order valence-electron chi connectivity index (χ1n) is 11.3. The predicted octanol–water partition coefficient (Wildman–Crippen LogP) is 6.91. The minimum atomic E-state index is 0.894. The Labute approximate surface area is 189 Å². The molecule has 1 aliphatic carbocycles. The number of aryl methyl sites for hydroxylation is 2. The third kappa shape index (κ3) is 2.96. The van der Waals surface area contributed by atoms with Gasteiger partial charge in [0.15, 0.2) is 7.28 Å². The third-order valence-corrected chi connectivity index (χ3v) is 6.65. The first-order chi connectivity index (χ1) is 15.7. The molecule has 1 aliphatic rings. The van der Waals surface area contributed by atoms with E-state index >= 15 is 0 Å². The van der Waals surface area contributed by atoms with E-state index in [1.165, 1.54) is 28.7 Å². The molecule has 5 aromatic rings. The lowest BCUT2D eigenvalue weighted by molar-refractivity contribution is 0.669. The van der Waals surface area contributed by atoms with Crippen molar-refractivity contribution in [3.05, 3.63) is 102 Å². The van der Waals surface area contributed by atoms with E-state index in [0.29, 0.717) is 0 Å². The van der Waals surface area contributed by atoms with Gasteiger partial charge in [0.25, 0.3) is 0 Å². The van der Waals surface area contributed by atoms with Gasteiger partial charge in [-0.2, -0.15) is 0 Å². The predicted molar refractivity (Wildman–Crippen MR) is 139 cm³/mol. The Bertz CT molecular complexity index is 1480. The van der Waals surface area contributed by atoms with E-state index in [9.17, 15) is 0 Å². The smallest absolute Gasteiger partial charge is 0.154 e. The van der Waals surface area contributed by atoms with Crippen molar-refractivity contribution >= 4 is 57.8 Å². The Kier molecular flexibility index (Phi) is 4.43. The summed E-state index contributed by atoms with van der Waals surface area (Å²) < 4.78 is 6.34. The lowest BCUT2D eigenvalue weighted by atomic mass is 9.73. The van der Waals surface area contributed by atoms with Crippen LogP contribution in [0.25, 0.3) is 28.0 Å². The van der Waals surface area contributed by atoms with Gasteiger partial charge < -0.3 is 9.32 Å². The zero-order valence-corrected chi connectivity index (χ0v) is 18.3. The normalized spacial score (nSPS) is 12.4.